The zero-order valence-electron chi connectivity index (χ0n) is 18.4. The number of rotatable bonds is 4. The van der Waals surface area contributed by atoms with E-state index in [1.54, 1.807) is 41.3 Å². The Labute approximate surface area is 197 Å². The van der Waals surface area contributed by atoms with E-state index < -0.39 is 24.2 Å². The van der Waals surface area contributed by atoms with Crippen molar-refractivity contribution in [1.29, 1.82) is 0 Å². The van der Waals surface area contributed by atoms with E-state index in [-0.39, 0.29) is 23.8 Å². The van der Waals surface area contributed by atoms with Crippen LogP contribution in [0.1, 0.15) is 45.1 Å². The standard InChI is InChI=1S/C23H22F3N5O4/c24-23(25,26)19-12-16(18-2-1-9-35-18)28-20-13-17(29-31(19)20)21(32)27-15-5-3-14(4-6-15)22(33)30-7-10-34-11-8-30/h1-6,9,13,16,19,28H,7-8,10-12H2,(H,27,32)/t16-,19+/m1/s1. The number of hydrogen-bond donors (Lipinski definition) is 2. The molecule has 1 saturated heterocycles. The maximum absolute atomic E-state index is 13.8. The number of amides is 2. The number of morpholine rings is 1. The van der Waals surface area contributed by atoms with Gasteiger partial charge in [0.2, 0.25) is 0 Å². The summed E-state index contributed by atoms with van der Waals surface area (Å²) in [4.78, 5) is 27.0. The molecule has 0 spiro atoms. The van der Waals surface area contributed by atoms with E-state index in [1.807, 2.05) is 0 Å². The van der Waals surface area contributed by atoms with Gasteiger partial charge in [-0.15, -0.1) is 0 Å². The van der Waals surface area contributed by atoms with Crippen LogP contribution in [0.5, 0.6) is 0 Å². The maximum atomic E-state index is 13.8. The summed E-state index contributed by atoms with van der Waals surface area (Å²) in [5.41, 5.74) is 0.673. The summed E-state index contributed by atoms with van der Waals surface area (Å²) in [6.45, 7) is 1.99. The SMILES string of the molecule is O=C(Nc1ccc(C(=O)N2CCOCC2)cc1)c1cc2n(n1)[C@H](C(F)(F)F)C[C@H](c1ccco1)N2. The van der Waals surface area contributed by atoms with Crippen molar-refractivity contribution in [2.75, 3.05) is 36.9 Å². The minimum atomic E-state index is -4.57. The van der Waals surface area contributed by atoms with Gasteiger partial charge >= 0.3 is 6.18 Å². The lowest BCUT2D eigenvalue weighted by atomic mass is 10.0. The fraction of sp³-hybridized carbons (Fsp3) is 0.348. The topological polar surface area (TPSA) is 102 Å². The zero-order valence-corrected chi connectivity index (χ0v) is 18.4. The molecule has 0 saturated carbocycles. The summed E-state index contributed by atoms with van der Waals surface area (Å²) >= 11 is 0. The first-order valence-electron chi connectivity index (χ1n) is 11.0. The third-order valence-electron chi connectivity index (χ3n) is 6.00. The van der Waals surface area contributed by atoms with E-state index in [0.717, 1.165) is 4.68 Å². The first-order chi connectivity index (χ1) is 16.8. The average molecular weight is 489 g/mol. The number of nitrogens with zero attached hydrogens (tertiary/aromatic N) is 3. The number of fused-ring (bicyclic) bond motifs is 1. The Morgan fingerprint density at radius 3 is 2.51 bits per heavy atom. The number of furan rings is 1. The molecule has 35 heavy (non-hydrogen) atoms. The van der Waals surface area contributed by atoms with Crippen molar-refractivity contribution in [3.05, 3.63) is 65.7 Å². The Bertz CT molecular complexity index is 1200. The molecular weight excluding hydrogens is 467 g/mol. The normalized spacial score (nSPS) is 20.1. The van der Waals surface area contributed by atoms with E-state index in [9.17, 15) is 22.8 Å². The summed E-state index contributed by atoms with van der Waals surface area (Å²) in [5, 5.41) is 9.52. The predicted molar refractivity (Wildman–Crippen MR) is 118 cm³/mol. The van der Waals surface area contributed by atoms with Gasteiger partial charge in [-0.3, -0.25) is 9.59 Å². The van der Waals surface area contributed by atoms with Crippen LogP contribution in [0, 0.1) is 0 Å². The second-order valence-electron chi connectivity index (χ2n) is 8.30. The molecule has 0 radical (unpaired) electrons. The van der Waals surface area contributed by atoms with Crippen LogP contribution >= 0.6 is 0 Å². The molecule has 184 valence electrons. The highest BCUT2D eigenvalue weighted by Crippen LogP contribution is 2.43. The van der Waals surface area contributed by atoms with Gasteiger partial charge in [-0.1, -0.05) is 0 Å². The van der Waals surface area contributed by atoms with Crippen LogP contribution in [0.2, 0.25) is 0 Å². The minimum absolute atomic E-state index is 0.0663. The van der Waals surface area contributed by atoms with Crippen molar-refractivity contribution in [3.8, 4) is 0 Å². The van der Waals surface area contributed by atoms with Crippen LogP contribution in [0.25, 0.3) is 0 Å². The summed E-state index contributed by atoms with van der Waals surface area (Å²) in [6, 6.07) is 8.13. The molecular formula is C23H22F3N5O4. The van der Waals surface area contributed by atoms with Gasteiger partial charge in [0.15, 0.2) is 11.7 Å². The van der Waals surface area contributed by atoms with Gasteiger partial charge in [0.05, 0.1) is 25.5 Å². The largest absolute Gasteiger partial charge is 0.467 e. The molecule has 2 N–H and O–H groups in total. The molecule has 9 nitrogen and oxygen atoms in total. The molecule has 4 heterocycles. The van der Waals surface area contributed by atoms with Crippen molar-refractivity contribution in [2.24, 2.45) is 0 Å². The number of ether oxygens (including phenoxy) is 1. The Morgan fingerprint density at radius 1 is 1.11 bits per heavy atom. The van der Waals surface area contributed by atoms with Crippen LogP contribution in [-0.4, -0.2) is 59.0 Å². The average Bonchev–Trinajstić information content (AvgIpc) is 3.53. The fourth-order valence-corrected chi connectivity index (χ4v) is 4.20. The van der Waals surface area contributed by atoms with Crippen molar-refractivity contribution in [2.45, 2.75) is 24.7 Å². The van der Waals surface area contributed by atoms with Gasteiger partial charge in [-0.2, -0.15) is 18.3 Å². The first kappa shape index (κ1) is 23.0. The number of nitrogens with one attached hydrogen (secondary N) is 2. The summed E-state index contributed by atoms with van der Waals surface area (Å²) in [7, 11) is 0. The number of benzene rings is 1. The fourth-order valence-electron chi connectivity index (χ4n) is 4.20. The van der Waals surface area contributed by atoms with Crippen LogP contribution in [0.4, 0.5) is 24.7 Å². The Kier molecular flexibility index (Phi) is 5.97. The van der Waals surface area contributed by atoms with E-state index in [2.05, 4.69) is 15.7 Å². The van der Waals surface area contributed by atoms with Gasteiger partial charge < -0.3 is 24.7 Å². The quantitative estimate of drug-likeness (QED) is 0.577. The highest BCUT2D eigenvalue weighted by atomic mass is 19.4. The molecule has 0 bridgehead atoms. The van der Waals surface area contributed by atoms with Gasteiger partial charge in [0, 0.05) is 36.8 Å². The van der Waals surface area contributed by atoms with Crippen LogP contribution in [-0.2, 0) is 4.74 Å². The Hall–Kier alpha value is -3.80. The molecule has 5 rings (SSSR count). The second kappa shape index (κ2) is 9.10. The van der Waals surface area contributed by atoms with Gasteiger partial charge in [0.1, 0.15) is 11.6 Å². The second-order valence-corrected chi connectivity index (χ2v) is 8.30. The van der Waals surface area contributed by atoms with E-state index in [0.29, 0.717) is 43.3 Å². The molecule has 1 aromatic carbocycles. The molecule has 12 heteroatoms. The van der Waals surface area contributed by atoms with Crippen molar-refractivity contribution in [3.63, 3.8) is 0 Å². The molecule has 3 aromatic rings. The molecule has 2 aromatic heterocycles. The molecule has 1 fully saturated rings. The van der Waals surface area contributed by atoms with Crippen LogP contribution in [0.3, 0.4) is 0 Å². The van der Waals surface area contributed by atoms with E-state index in [1.165, 1.54) is 12.3 Å². The molecule has 2 amide bonds. The molecule has 2 aliphatic heterocycles. The van der Waals surface area contributed by atoms with Crippen molar-refractivity contribution >= 4 is 23.3 Å². The lowest BCUT2D eigenvalue weighted by molar-refractivity contribution is -0.174. The third kappa shape index (κ3) is 4.74. The van der Waals surface area contributed by atoms with Gasteiger partial charge in [0.25, 0.3) is 11.8 Å². The third-order valence-corrected chi connectivity index (χ3v) is 6.00. The molecule has 0 unspecified atom stereocenters. The minimum Gasteiger partial charge on any atom is -0.467 e. The lowest BCUT2D eigenvalue weighted by Gasteiger charge is -2.32. The van der Waals surface area contributed by atoms with Crippen LogP contribution < -0.4 is 10.6 Å². The molecule has 2 aliphatic rings. The summed E-state index contributed by atoms with van der Waals surface area (Å²) in [5.74, 6) is -0.374. The Morgan fingerprint density at radius 2 is 1.86 bits per heavy atom. The van der Waals surface area contributed by atoms with Gasteiger partial charge in [-0.05, 0) is 36.4 Å². The smallest absolute Gasteiger partial charge is 0.410 e. The number of hydrogen-bond acceptors (Lipinski definition) is 6. The summed E-state index contributed by atoms with van der Waals surface area (Å²) in [6.07, 6.45) is -3.50. The van der Waals surface area contributed by atoms with E-state index >= 15 is 0 Å². The van der Waals surface area contributed by atoms with Gasteiger partial charge in [-0.25, -0.2) is 4.68 Å². The highest BCUT2D eigenvalue weighted by molar-refractivity contribution is 6.03. The number of carbonyl (C=O) groups is 2. The number of alkyl halides is 3. The highest BCUT2D eigenvalue weighted by Gasteiger charge is 2.47. The number of halogens is 3. The number of aromatic nitrogens is 2. The monoisotopic (exact) mass is 489 g/mol. The van der Waals surface area contributed by atoms with Crippen molar-refractivity contribution in [1.82, 2.24) is 14.7 Å². The van der Waals surface area contributed by atoms with Crippen LogP contribution in [0.15, 0.2) is 53.1 Å². The lowest BCUT2D eigenvalue weighted by Crippen LogP contribution is -2.40. The number of carbonyl (C=O) groups excluding carboxylic acids is 2. The molecule has 0 aliphatic carbocycles. The van der Waals surface area contributed by atoms with E-state index in [4.69, 9.17) is 9.15 Å². The maximum Gasteiger partial charge on any atom is 0.410 e. The zero-order chi connectivity index (χ0) is 24.6. The first-order valence-corrected chi connectivity index (χ1v) is 11.0. The number of anilines is 2. The Balaban J connectivity index is 1.31. The molecule has 2 atom stereocenters. The van der Waals surface area contributed by atoms with Crippen molar-refractivity contribution < 1.29 is 31.9 Å². The predicted octanol–water partition coefficient (Wildman–Crippen LogP) is 3.86. The summed E-state index contributed by atoms with van der Waals surface area (Å²) < 4.78 is 52.6.